The number of carbonyl (C=O) groups excluding carboxylic acids is 1. The molecule has 0 bridgehead atoms. The van der Waals surface area contributed by atoms with Gasteiger partial charge in [-0.15, -0.1) is 0 Å². The van der Waals surface area contributed by atoms with Crippen LogP contribution in [0.25, 0.3) is 0 Å². The largest absolute Gasteiger partial charge is 0.342 e. The van der Waals surface area contributed by atoms with Gasteiger partial charge in [-0.3, -0.25) is 14.6 Å². The van der Waals surface area contributed by atoms with Crippen molar-refractivity contribution >= 4 is 5.91 Å². The van der Waals surface area contributed by atoms with Crippen LogP contribution in [0, 0.1) is 6.92 Å². The maximum absolute atomic E-state index is 13.3. The van der Waals surface area contributed by atoms with E-state index in [1.54, 1.807) is 12.3 Å². The van der Waals surface area contributed by atoms with E-state index in [9.17, 15) is 9.59 Å². The summed E-state index contributed by atoms with van der Waals surface area (Å²) < 4.78 is 2.09. The smallest absolute Gasteiger partial charge is 0.259 e. The Morgan fingerprint density at radius 3 is 2.43 bits per heavy atom. The van der Waals surface area contributed by atoms with E-state index in [4.69, 9.17) is 0 Å². The Morgan fingerprint density at radius 1 is 1.00 bits per heavy atom. The van der Waals surface area contributed by atoms with Crippen LogP contribution in [0.4, 0.5) is 0 Å². The number of hydrogen-bond acceptors (Lipinski definition) is 3. The van der Waals surface area contributed by atoms with Crippen LogP contribution in [0.15, 0.2) is 65.6 Å². The third kappa shape index (κ3) is 4.35. The van der Waals surface area contributed by atoms with Gasteiger partial charge in [0.25, 0.3) is 5.91 Å². The predicted molar refractivity (Wildman–Crippen MR) is 118 cm³/mol. The molecule has 1 saturated heterocycles. The third-order valence-corrected chi connectivity index (χ3v) is 5.77. The molecule has 154 valence electrons. The van der Waals surface area contributed by atoms with Crippen LogP contribution in [0.5, 0.6) is 0 Å². The van der Waals surface area contributed by atoms with Crippen molar-refractivity contribution < 1.29 is 4.79 Å². The van der Waals surface area contributed by atoms with E-state index in [0.29, 0.717) is 18.5 Å². The molecule has 0 aliphatic carbocycles. The van der Waals surface area contributed by atoms with Crippen LogP contribution in [0.1, 0.15) is 45.8 Å². The Labute approximate surface area is 177 Å². The number of pyridine rings is 2. The SMILES string of the molecule is Cc1cc(=O)c(C(=O)N2CCCC2)c(CCc2ccccc2)n1Cc1ccccn1. The van der Waals surface area contributed by atoms with Gasteiger partial charge in [-0.1, -0.05) is 36.4 Å². The molecule has 1 aromatic carbocycles. The van der Waals surface area contributed by atoms with E-state index < -0.39 is 0 Å². The highest BCUT2D eigenvalue weighted by Gasteiger charge is 2.26. The van der Waals surface area contributed by atoms with Crippen molar-refractivity contribution in [1.29, 1.82) is 0 Å². The molecule has 0 spiro atoms. The van der Waals surface area contributed by atoms with Crippen LogP contribution in [-0.4, -0.2) is 33.4 Å². The second-order valence-electron chi connectivity index (χ2n) is 7.86. The average Bonchev–Trinajstić information content (AvgIpc) is 3.30. The van der Waals surface area contributed by atoms with Gasteiger partial charge in [-0.2, -0.15) is 0 Å². The van der Waals surface area contributed by atoms with Crippen molar-refractivity contribution in [1.82, 2.24) is 14.5 Å². The molecule has 1 aliphatic heterocycles. The molecule has 30 heavy (non-hydrogen) atoms. The first kappa shape index (κ1) is 20.1. The number of carbonyl (C=O) groups is 1. The van der Waals surface area contributed by atoms with Crippen molar-refractivity contribution in [3.05, 3.63) is 99.2 Å². The minimum Gasteiger partial charge on any atom is -0.342 e. The molecule has 3 aromatic rings. The number of aryl methyl sites for hydroxylation is 2. The van der Waals surface area contributed by atoms with Gasteiger partial charge in [0.2, 0.25) is 0 Å². The maximum atomic E-state index is 13.3. The number of amides is 1. The Kier molecular flexibility index (Phi) is 6.07. The van der Waals surface area contributed by atoms with Gasteiger partial charge in [0.15, 0.2) is 5.43 Å². The number of hydrogen-bond donors (Lipinski definition) is 0. The summed E-state index contributed by atoms with van der Waals surface area (Å²) >= 11 is 0. The standard InChI is InChI=1S/C25H27N3O2/c1-19-17-23(29)24(25(30)27-15-7-8-16-27)22(13-12-20-9-3-2-4-10-20)28(19)18-21-11-5-6-14-26-21/h2-6,9-11,14,17H,7-8,12-13,15-16,18H2,1H3. The number of benzene rings is 1. The van der Waals surface area contributed by atoms with Crippen LogP contribution in [-0.2, 0) is 19.4 Å². The summed E-state index contributed by atoms with van der Waals surface area (Å²) in [7, 11) is 0. The molecule has 5 heteroatoms. The topological polar surface area (TPSA) is 55.2 Å². The lowest BCUT2D eigenvalue weighted by atomic mass is 10.0. The van der Waals surface area contributed by atoms with Gasteiger partial charge in [0, 0.05) is 36.7 Å². The van der Waals surface area contributed by atoms with Crippen molar-refractivity contribution in [3.8, 4) is 0 Å². The molecule has 0 radical (unpaired) electrons. The van der Waals surface area contributed by atoms with Crippen LogP contribution in [0.3, 0.4) is 0 Å². The predicted octanol–water partition coefficient (Wildman–Crippen LogP) is 3.62. The lowest BCUT2D eigenvalue weighted by molar-refractivity contribution is 0.0789. The van der Waals surface area contributed by atoms with Crippen molar-refractivity contribution in [2.75, 3.05) is 13.1 Å². The van der Waals surface area contributed by atoms with Crippen LogP contribution < -0.4 is 5.43 Å². The highest BCUT2D eigenvalue weighted by Crippen LogP contribution is 2.19. The zero-order valence-electron chi connectivity index (χ0n) is 17.4. The van der Waals surface area contributed by atoms with Crippen LogP contribution >= 0.6 is 0 Å². The molecular formula is C25H27N3O2. The monoisotopic (exact) mass is 401 g/mol. The first-order valence-corrected chi connectivity index (χ1v) is 10.6. The van der Waals surface area contributed by atoms with Crippen molar-refractivity contribution in [2.24, 2.45) is 0 Å². The molecule has 4 rings (SSSR count). The molecule has 0 N–H and O–H groups in total. The van der Waals surface area contributed by atoms with Crippen molar-refractivity contribution in [2.45, 2.75) is 39.2 Å². The van der Waals surface area contributed by atoms with Gasteiger partial charge in [0.1, 0.15) is 5.56 Å². The number of likely N-dealkylation sites (tertiary alicyclic amines) is 1. The number of nitrogens with zero attached hydrogens (tertiary/aromatic N) is 3. The quantitative estimate of drug-likeness (QED) is 0.634. The van der Waals surface area contributed by atoms with Gasteiger partial charge in [0.05, 0.1) is 12.2 Å². The Bertz CT molecular complexity index is 1070. The fraction of sp³-hybridized carbons (Fsp3) is 0.320. The summed E-state index contributed by atoms with van der Waals surface area (Å²) in [5, 5.41) is 0. The van der Waals surface area contributed by atoms with E-state index >= 15 is 0 Å². The molecule has 0 saturated carbocycles. The minimum atomic E-state index is -0.176. The molecule has 1 aliphatic rings. The third-order valence-electron chi connectivity index (χ3n) is 5.77. The molecule has 0 atom stereocenters. The second-order valence-corrected chi connectivity index (χ2v) is 7.86. The summed E-state index contributed by atoms with van der Waals surface area (Å²) in [6.07, 6.45) is 5.17. The Morgan fingerprint density at radius 2 is 1.73 bits per heavy atom. The van der Waals surface area contributed by atoms with E-state index in [2.05, 4.69) is 21.7 Å². The molecule has 0 unspecified atom stereocenters. The highest BCUT2D eigenvalue weighted by molar-refractivity contribution is 5.95. The van der Waals surface area contributed by atoms with Crippen molar-refractivity contribution in [3.63, 3.8) is 0 Å². The molecule has 3 heterocycles. The number of rotatable bonds is 6. The van der Waals surface area contributed by atoms with E-state index in [-0.39, 0.29) is 11.3 Å². The Balaban J connectivity index is 1.77. The van der Waals surface area contributed by atoms with Crippen LogP contribution in [0.2, 0.25) is 0 Å². The van der Waals surface area contributed by atoms with Gasteiger partial charge >= 0.3 is 0 Å². The average molecular weight is 402 g/mol. The van der Waals surface area contributed by atoms with Gasteiger partial charge in [-0.25, -0.2) is 0 Å². The van der Waals surface area contributed by atoms with Gasteiger partial charge in [-0.05, 0) is 50.3 Å². The van der Waals surface area contributed by atoms with Gasteiger partial charge < -0.3 is 9.47 Å². The first-order chi connectivity index (χ1) is 14.6. The highest BCUT2D eigenvalue weighted by atomic mass is 16.2. The molecule has 2 aromatic heterocycles. The zero-order chi connectivity index (χ0) is 20.9. The minimum absolute atomic E-state index is 0.129. The van der Waals surface area contributed by atoms with E-state index in [1.807, 2.05) is 48.2 Å². The lowest BCUT2D eigenvalue weighted by Gasteiger charge is -2.22. The normalized spacial score (nSPS) is 13.6. The fourth-order valence-electron chi connectivity index (χ4n) is 4.18. The Hall–Kier alpha value is -3.21. The summed E-state index contributed by atoms with van der Waals surface area (Å²) in [6.45, 7) is 3.92. The second kappa shape index (κ2) is 9.08. The van der Waals surface area contributed by atoms with E-state index in [0.717, 1.165) is 49.4 Å². The fourth-order valence-corrected chi connectivity index (χ4v) is 4.18. The maximum Gasteiger partial charge on any atom is 0.259 e. The summed E-state index contributed by atoms with van der Waals surface area (Å²) in [6, 6.07) is 17.6. The molecule has 5 nitrogen and oxygen atoms in total. The van der Waals surface area contributed by atoms with E-state index in [1.165, 1.54) is 5.56 Å². The lowest BCUT2D eigenvalue weighted by Crippen LogP contribution is -2.35. The molecule has 1 fully saturated rings. The summed E-state index contributed by atoms with van der Waals surface area (Å²) in [5.74, 6) is -0.129. The first-order valence-electron chi connectivity index (χ1n) is 10.6. The zero-order valence-corrected chi connectivity index (χ0v) is 17.4. The molecular weight excluding hydrogens is 374 g/mol. The number of aromatic nitrogens is 2. The summed E-state index contributed by atoms with van der Waals surface area (Å²) in [5.41, 5.74) is 3.91. The molecule has 1 amide bonds. The summed E-state index contributed by atoms with van der Waals surface area (Å²) in [4.78, 5) is 32.6.